The molecule has 2 bridgehead atoms. The van der Waals surface area contributed by atoms with E-state index >= 15 is 0 Å². The fourth-order valence-corrected chi connectivity index (χ4v) is 6.53. The monoisotopic (exact) mass is 401 g/mol. The molecule has 5 heteroatoms. The van der Waals surface area contributed by atoms with Crippen LogP contribution in [0, 0.1) is 22.7 Å². The number of carbonyl (C=O) groups excluding carboxylic acids is 1. The Labute approximate surface area is 174 Å². The van der Waals surface area contributed by atoms with E-state index in [1.165, 1.54) is 6.42 Å². The molecule has 2 saturated carbocycles. The van der Waals surface area contributed by atoms with Crippen LogP contribution in [0.5, 0.6) is 5.75 Å². The number of hydrogen-bond donors (Lipinski definition) is 1. The van der Waals surface area contributed by atoms with E-state index in [1.54, 1.807) is 7.11 Å². The number of hydrogen-bond acceptors (Lipinski definition) is 4. The Kier molecular flexibility index (Phi) is 5.64. The van der Waals surface area contributed by atoms with Gasteiger partial charge in [0.2, 0.25) is 5.91 Å². The molecule has 1 aliphatic heterocycles. The number of methoxy groups -OCH3 is 1. The first-order chi connectivity index (χ1) is 13.9. The van der Waals surface area contributed by atoms with Crippen molar-refractivity contribution in [3.63, 3.8) is 0 Å². The number of amides is 1. The topological polar surface area (TPSA) is 56.8 Å². The van der Waals surface area contributed by atoms with Crippen LogP contribution in [0.15, 0.2) is 24.3 Å². The zero-order valence-corrected chi connectivity index (χ0v) is 18.2. The van der Waals surface area contributed by atoms with Gasteiger partial charge in [0.15, 0.2) is 0 Å². The minimum absolute atomic E-state index is 0.0333. The van der Waals surface area contributed by atoms with Gasteiger partial charge in [-0.15, -0.1) is 0 Å². The number of ether oxygens (including phenoxy) is 3. The Balaban J connectivity index is 1.64. The van der Waals surface area contributed by atoms with Crippen LogP contribution in [0.1, 0.15) is 58.1 Å². The van der Waals surface area contributed by atoms with Gasteiger partial charge in [-0.25, -0.2) is 0 Å². The highest BCUT2D eigenvalue weighted by Gasteiger charge is 2.68. The van der Waals surface area contributed by atoms with E-state index in [0.29, 0.717) is 31.5 Å². The van der Waals surface area contributed by atoms with E-state index < -0.39 is 0 Å². The van der Waals surface area contributed by atoms with Crippen LogP contribution >= 0.6 is 0 Å². The van der Waals surface area contributed by atoms with Gasteiger partial charge in [-0.1, -0.05) is 32.0 Å². The molecule has 4 rings (SSSR count). The van der Waals surface area contributed by atoms with Crippen molar-refractivity contribution in [1.29, 1.82) is 0 Å². The first-order valence-electron chi connectivity index (χ1n) is 11.1. The van der Waals surface area contributed by atoms with Crippen LogP contribution in [0.3, 0.4) is 0 Å². The maximum atomic E-state index is 12.6. The van der Waals surface area contributed by atoms with Gasteiger partial charge < -0.3 is 19.5 Å². The predicted octanol–water partition coefficient (Wildman–Crippen LogP) is 4.12. The first kappa shape index (κ1) is 20.7. The summed E-state index contributed by atoms with van der Waals surface area (Å²) in [6, 6.07) is 8.47. The third-order valence-electron chi connectivity index (χ3n) is 7.87. The van der Waals surface area contributed by atoms with Crippen molar-refractivity contribution in [2.75, 3.05) is 26.9 Å². The summed E-state index contributed by atoms with van der Waals surface area (Å²) in [6.45, 7) is 8.53. The van der Waals surface area contributed by atoms with Crippen LogP contribution in [0.4, 0.5) is 0 Å². The van der Waals surface area contributed by atoms with Crippen molar-refractivity contribution in [2.45, 2.75) is 58.6 Å². The summed E-state index contributed by atoms with van der Waals surface area (Å²) in [7, 11) is 1.64. The Morgan fingerprint density at radius 3 is 2.86 bits per heavy atom. The molecule has 2 aliphatic carbocycles. The van der Waals surface area contributed by atoms with Gasteiger partial charge >= 0.3 is 0 Å². The zero-order valence-electron chi connectivity index (χ0n) is 18.2. The van der Waals surface area contributed by atoms with Crippen molar-refractivity contribution < 1.29 is 19.0 Å². The quantitative estimate of drug-likeness (QED) is 0.747. The van der Waals surface area contributed by atoms with Gasteiger partial charge in [0.05, 0.1) is 19.3 Å². The molecule has 5 atom stereocenters. The highest BCUT2D eigenvalue weighted by atomic mass is 16.5. The van der Waals surface area contributed by atoms with E-state index in [9.17, 15) is 4.79 Å². The van der Waals surface area contributed by atoms with E-state index in [-0.39, 0.29) is 28.9 Å². The summed E-state index contributed by atoms with van der Waals surface area (Å²) in [5.74, 6) is 2.04. The lowest BCUT2D eigenvalue weighted by atomic mass is 9.58. The SMILES string of the molecule is CCOc1ccccc1[C@H]1OCC[C@@]23C[C@@H](C[C@H]12)C(C)(C)[C@@H]3NC(=O)CCOC. The van der Waals surface area contributed by atoms with E-state index in [2.05, 4.69) is 31.3 Å². The molecule has 160 valence electrons. The largest absolute Gasteiger partial charge is 0.493 e. The van der Waals surface area contributed by atoms with Crippen molar-refractivity contribution in [3.8, 4) is 5.75 Å². The molecule has 29 heavy (non-hydrogen) atoms. The number of para-hydroxylation sites is 1. The zero-order chi connectivity index (χ0) is 20.6. The molecule has 1 saturated heterocycles. The molecule has 1 N–H and O–H groups in total. The molecule has 3 aliphatic rings. The average molecular weight is 402 g/mol. The summed E-state index contributed by atoms with van der Waals surface area (Å²) in [5.41, 5.74) is 1.35. The van der Waals surface area contributed by atoms with Crippen molar-refractivity contribution in [1.82, 2.24) is 5.32 Å². The molecule has 3 fully saturated rings. The smallest absolute Gasteiger partial charge is 0.222 e. The van der Waals surface area contributed by atoms with Crippen molar-refractivity contribution in [2.24, 2.45) is 22.7 Å². The second-order valence-corrected chi connectivity index (χ2v) is 9.55. The second-order valence-electron chi connectivity index (χ2n) is 9.55. The maximum Gasteiger partial charge on any atom is 0.222 e. The van der Waals surface area contributed by atoms with Crippen LogP contribution in [-0.4, -0.2) is 38.9 Å². The van der Waals surface area contributed by atoms with Crippen LogP contribution in [-0.2, 0) is 14.3 Å². The average Bonchev–Trinajstić information content (AvgIpc) is 3.20. The van der Waals surface area contributed by atoms with E-state index in [0.717, 1.165) is 30.8 Å². The molecule has 5 nitrogen and oxygen atoms in total. The minimum Gasteiger partial charge on any atom is -0.493 e. The predicted molar refractivity (Wildman–Crippen MR) is 112 cm³/mol. The van der Waals surface area contributed by atoms with Crippen molar-refractivity contribution >= 4 is 5.91 Å². The molecular weight excluding hydrogens is 366 g/mol. The number of benzene rings is 1. The van der Waals surface area contributed by atoms with Gasteiger partial charge in [-0.05, 0) is 54.9 Å². The number of nitrogens with one attached hydrogen (secondary N) is 1. The molecule has 0 unspecified atom stereocenters. The molecule has 1 aromatic rings. The molecule has 0 radical (unpaired) electrons. The number of carbonyl (C=O) groups is 1. The Hall–Kier alpha value is -1.59. The molecular formula is C24H35NO4. The normalized spacial score (nSPS) is 34.6. The lowest BCUT2D eigenvalue weighted by molar-refractivity contribution is -0.138. The minimum atomic E-state index is 0.0333. The number of rotatable bonds is 7. The summed E-state index contributed by atoms with van der Waals surface area (Å²) in [5, 5.41) is 3.43. The highest BCUT2D eigenvalue weighted by molar-refractivity contribution is 5.76. The van der Waals surface area contributed by atoms with Gasteiger partial charge in [0, 0.05) is 31.7 Å². The fourth-order valence-electron chi connectivity index (χ4n) is 6.53. The highest BCUT2D eigenvalue weighted by Crippen LogP contribution is 2.70. The summed E-state index contributed by atoms with van der Waals surface area (Å²) in [4.78, 5) is 12.6. The molecule has 1 amide bonds. The molecule has 1 aromatic carbocycles. The van der Waals surface area contributed by atoms with Crippen LogP contribution in [0.25, 0.3) is 0 Å². The first-order valence-corrected chi connectivity index (χ1v) is 11.1. The van der Waals surface area contributed by atoms with Crippen molar-refractivity contribution in [3.05, 3.63) is 29.8 Å². The summed E-state index contributed by atoms with van der Waals surface area (Å²) < 4.78 is 17.4. The van der Waals surface area contributed by atoms with Gasteiger partial charge in [0.25, 0.3) is 0 Å². The fraction of sp³-hybridized carbons (Fsp3) is 0.708. The standard InChI is InChI=1S/C24H35NO4/c1-5-28-19-9-7-6-8-17(19)21-18-14-16-15-24(18,11-13-29-21)22(23(16,2)3)25-20(26)10-12-27-4/h6-9,16,18,21-22H,5,10-15H2,1-4H3,(H,25,26)/t16-,18-,21-,22+,24-/m1/s1. The lowest BCUT2D eigenvalue weighted by Gasteiger charge is -2.53. The Bertz CT molecular complexity index is 748. The van der Waals surface area contributed by atoms with Gasteiger partial charge in [0.1, 0.15) is 5.75 Å². The third kappa shape index (κ3) is 3.36. The van der Waals surface area contributed by atoms with Crippen LogP contribution in [0.2, 0.25) is 0 Å². The van der Waals surface area contributed by atoms with E-state index in [1.807, 2.05) is 19.1 Å². The Morgan fingerprint density at radius 2 is 2.10 bits per heavy atom. The summed E-state index contributed by atoms with van der Waals surface area (Å²) in [6.07, 6.45) is 3.80. The second kappa shape index (κ2) is 7.92. The number of fused-ring (bicyclic) bond motifs is 1. The molecule has 0 aromatic heterocycles. The van der Waals surface area contributed by atoms with Crippen LogP contribution < -0.4 is 10.1 Å². The van der Waals surface area contributed by atoms with E-state index in [4.69, 9.17) is 14.2 Å². The Morgan fingerprint density at radius 1 is 1.31 bits per heavy atom. The summed E-state index contributed by atoms with van der Waals surface area (Å²) >= 11 is 0. The lowest BCUT2D eigenvalue weighted by Crippen LogP contribution is -2.59. The third-order valence-corrected chi connectivity index (χ3v) is 7.87. The van der Waals surface area contributed by atoms with Gasteiger partial charge in [-0.3, -0.25) is 4.79 Å². The van der Waals surface area contributed by atoms with Gasteiger partial charge in [-0.2, -0.15) is 0 Å². The molecule has 1 spiro atoms. The maximum absolute atomic E-state index is 12.6. The molecule has 1 heterocycles.